The maximum Gasteiger partial charge on any atom is 0.243 e. The maximum atomic E-state index is 12.6. The fraction of sp³-hybridized carbons (Fsp3) is 0.882. The Morgan fingerprint density at radius 1 is 1.00 bits per heavy atom. The standard InChI is InChI=1S/C17H26N2O2/c1-10(20)19-4-2-3-15(19)17(21)18-16-13-6-11-5-12(8-13)9-14(16)7-11/h11-16H,2-9H2,1H3,(H,18,21)/t11?,12?,13?,14?,15-,16?/m1/s1. The highest BCUT2D eigenvalue weighted by molar-refractivity contribution is 5.87. The number of likely N-dealkylation sites (tertiary alicyclic amines) is 1. The van der Waals surface area contributed by atoms with Crippen LogP contribution in [0.2, 0.25) is 0 Å². The summed E-state index contributed by atoms with van der Waals surface area (Å²) < 4.78 is 0. The van der Waals surface area contributed by atoms with Crippen molar-refractivity contribution in [2.45, 2.75) is 64.0 Å². The number of nitrogens with one attached hydrogen (secondary N) is 1. The lowest BCUT2D eigenvalue weighted by Crippen LogP contribution is -2.58. The van der Waals surface area contributed by atoms with E-state index in [9.17, 15) is 9.59 Å². The van der Waals surface area contributed by atoms with E-state index in [0.717, 1.165) is 31.2 Å². The first-order valence-corrected chi connectivity index (χ1v) is 8.69. The van der Waals surface area contributed by atoms with E-state index in [1.165, 1.54) is 32.1 Å². The first-order valence-electron chi connectivity index (χ1n) is 8.69. The monoisotopic (exact) mass is 290 g/mol. The zero-order valence-corrected chi connectivity index (χ0v) is 12.9. The van der Waals surface area contributed by atoms with Crippen LogP contribution in [-0.2, 0) is 9.59 Å². The molecule has 0 aromatic carbocycles. The van der Waals surface area contributed by atoms with Gasteiger partial charge in [0.25, 0.3) is 0 Å². The van der Waals surface area contributed by atoms with Crippen molar-refractivity contribution < 1.29 is 9.59 Å². The van der Waals surface area contributed by atoms with Gasteiger partial charge in [0.2, 0.25) is 11.8 Å². The molecular weight excluding hydrogens is 264 g/mol. The Morgan fingerprint density at radius 2 is 1.62 bits per heavy atom. The molecule has 0 aromatic heterocycles. The highest BCUT2D eigenvalue weighted by Gasteiger charge is 2.49. The number of nitrogens with zero attached hydrogens (tertiary/aromatic N) is 1. The molecule has 21 heavy (non-hydrogen) atoms. The van der Waals surface area contributed by atoms with Crippen LogP contribution in [0.4, 0.5) is 0 Å². The second-order valence-electron chi connectivity index (χ2n) is 7.84. The zero-order valence-electron chi connectivity index (χ0n) is 12.9. The van der Waals surface area contributed by atoms with Crippen molar-refractivity contribution in [3.05, 3.63) is 0 Å². The summed E-state index contributed by atoms with van der Waals surface area (Å²) in [5, 5.41) is 3.36. The van der Waals surface area contributed by atoms with Crippen LogP contribution >= 0.6 is 0 Å². The van der Waals surface area contributed by atoms with Gasteiger partial charge in [0.05, 0.1) is 0 Å². The molecule has 4 saturated carbocycles. The zero-order chi connectivity index (χ0) is 14.6. The maximum absolute atomic E-state index is 12.6. The van der Waals surface area contributed by atoms with Crippen LogP contribution in [0.15, 0.2) is 0 Å². The molecular formula is C17H26N2O2. The third-order valence-electron chi connectivity index (χ3n) is 6.50. The molecule has 1 aliphatic heterocycles. The minimum Gasteiger partial charge on any atom is -0.351 e. The number of rotatable bonds is 2. The molecule has 1 heterocycles. The van der Waals surface area contributed by atoms with E-state index in [1.54, 1.807) is 11.8 Å². The van der Waals surface area contributed by atoms with Gasteiger partial charge in [-0.05, 0) is 68.6 Å². The lowest BCUT2D eigenvalue weighted by molar-refractivity contribution is -0.138. The van der Waals surface area contributed by atoms with Gasteiger partial charge in [0.15, 0.2) is 0 Å². The van der Waals surface area contributed by atoms with E-state index < -0.39 is 0 Å². The molecule has 1 saturated heterocycles. The lowest BCUT2D eigenvalue weighted by atomic mass is 9.54. The summed E-state index contributed by atoms with van der Waals surface area (Å²) in [4.78, 5) is 26.0. The minimum atomic E-state index is -0.209. The van der Waals surface area contributed by atoms with Gasteiger partial charge in [-0.1, -0.05) is 0 Å². The number of amides is 2. The summed E-state index contributed by atoms with van der Waals surface area (Å²) in [5.41, 5.74) is 0. The van der Waals surface area contributed by atoms with E-state index in [4.69, 9.17) is 0 Å². The summed E-state index contributed by atoms with van der Waals surface area (Å²) in [6.07, 6.45) is 8.50. The Labute approximate surface area is 126 Å². The molecule has 5 aliphatic rings. The largest absolute Gasteiger partial charge is 0.351 e. The van der Waals surface area contributed by atoms with Crippen LogP contribution in [-0.4, -0.2) is 35.3 Å². The van der Waals surface area contributed by atoms with Crippen molar-refractivity contribution in [2.75, 3.05) is 6.54 Å². The first-order chi connectivity index (χ1) is 10.1. The van der Waals surface area contributed by atoms with Crippen LogP contribution in [0, 0.1) is 23.7 Å². The summed E-state index contributed by atoms with van der Waals surface area (Å²) in [6.45, 7) is 2.32. The third kappa shape index (κ3) is 2.27. The number of carbonyl (C=O) groups excluding carboxylic acids is 2. The van der Waals surface area contributed by atoms with Crippen LogP contribution in [0.25, 0.3) is 0 Å². The minimum absolute atomic E-state index is 0.0396. The van der Waals surface area contributed by atoms with Gasteiger partial charge in [-0.15, -0.1) is 0 Å². The molecule has 1 atom stereocenters. The van der Waals surface area contributed by atoms with Gasteiger partial charge in [0, 0.05) is 19.5 Å². The topological polar surface area (TPSA) is 49.4 Å². The molecule has 0 unspecified atom stereocenters. The average molecular weight is 290 g/mol. The average Bonchev–Trinajstić information content (AvgIpc) is 2.91. The number of carbonyl (C=O) groups is 2. The van der Waals surface area contributed by atoms with Crippen molar-refractivity contribution in [1.29, 1.82) is 0 Å². The Hall–Kier alpha value is -1.06. The molecule has 1 N–H and O–H groups in total. The Bertz CT molecular complexity index is 434. The molecule has 4 nitrogen and oxygen atoms in total. The fourth-order valence-electron chi connectivity index (χ4n) is 5.84. The van der Waals surface area contributed by atoms with Gasteiger partial charge >= 0.3 is 0 Å². The van der Waals surface area contributed by atoms with Crippen LogP contribution in [0.1, 0.15) is 51.9 Å². The molecule has 0 aromatic rings. The van der Waals surface area contributed by atoms with Crippen LogP contribution in [0.3, 0.4) is 0 Å². The van der Waals surface area contributed by atoms with E-state index in [0.29, 0.717) is 17.9 Å². The third-order valence-corrected chi connectivity index (χ3v) is 6.50. The molecule has 5 fully saturated rings. The van der Waals surface area contributed by atoms with Crippen molar-refractivity contribution in [3.8, 4) is 0 Å². The number of hydrogen-bond donors (Lipinski definition) is 1. The smallest absolute Gasteiger partial charge is 0.243 e. The van der Waals surface area contributed by atoms with Crippen molar-refractivity contribution in [3.63, 3.8) is 0 Å². The summed E-state index contributed by atoms with van der Waals surface area (Å²) in [5.74, 6) is 3.43. The number of hydrogen-bond acceptors (Lipinski definition) is 2. The predicted octanol–water partition coefficient (Wildman–Crippen LogP) is 1.94. The quantitative estimate of drug-likeness (QED) is 0.845. The predicted molar refractivity (Wildman–Crippen MR) is 79.4 cm³/mol. The SMILES string of the molecule is CC(=O)N1CCC[C@@H]1C(=O)NC1C2CC3CC(C2)CC1C3. The van der Waals surface area contributed by atoms with Gasteiger partial charge in [-0.25, -0.2) is 0 Å². The van der Waals surface area contributed by atoms with Crippen LogP contribution < -0.4 is 5.32 Å². The second-order valence-corrected chi connectivity index (χ2v) is 7.84. The highest BCUT2D eigenvalue weighted by atomic mass is 16.2. The lowest BCUT2D eigenvalue weighted by Gasteiger charge is -2.54. The molecule has 5 rings (SSSR count). The molecule has 4 bridgehead atoms. The Morgan fingerprint density at radius 3 is 2.19 bits per heavy atom. The van der Waals surface area contributed by atoms with Crippen LogP contribution in [0.5, 0.6) is 0 Å². The molecule has 2 amide bonds. The van der Waals surface area contributed by atoms with Gasteiger partial charge < -0.3 is 10.2 Å². The summed E-state index contributed by atoms with van der Waals surface area (Å²) in [7, 11) is 0. The van der Waals surface area contributed by atoms with Crippen molar-refractivity contribution in [2.24, 2.45) is 23.7 Å². The van der Waals surface area contributed by atoms with E-state index >= 15 is 0 Å². The normalized spacial score (nSPS) is 44.1. The molecule has 116 valence electrons. The van der Waals surface area contributed by atoms with E-state index in [-0.39, 0.29) is 17.9 Å². The molecule has 0 spiro atoms. The highest BCUT2D eigenvalue weighted by Crippen LogP contribution is 2.53. The molecule has 4 aliphatic carbocycles. The van der Waals surface area contributed by atoms with Crippen molar-refractivity contribution >= 4 is 11.8 Å². The fourth-order valence-corrected chi connectivity index (χ4v) is 5.84. The van der Waals surface area contributed by atoms with E-state index in [2.05, 4.69) is 5.32 Å². The molecule has 4 heteroatoms. The Balaban J connectivity index is 1.44. The van der Waals surface area contributed by atoms with Gasteiger partial charge in [0.1, 0.15) is 6.04 Å². The molecule has 0 radical (unpaired) electrons. The van der Waals surface area contributed by atoms with Crippen molar-refractivity contribution in [1.82, 2.24) is 10.2 Å². The van der Waals surface area contributed by atoms with E-state index in [1.807, 2.05) is 0 Å². The first kappa shape index (κ1) is 13.6. The van der Waals surface area contributed by atoms with Gasteiger partial charge in [-0.2, -0.15) is 0 Å². The Kier molecular flexibility index (Phi) is 3.23. The second kappa shape index (κ2) is 4.99. The van der Waals surface area contributed by atoms with Gasteiger partial charge in [-0.3, -0.25) is 9.59 Å². The summed E-state index contributed by atoms with van der Waals surface area (Å²) >= 11 is 0. The summed E-state index contributed by atoms with van der Waals surface area (Å²) in [6, 6.07) is 0.180.